The van der Waals surface area contributed by atoms with Gasteiger partial charge in [0, 0.05) is 12.1 Å². The first-order valence-electron chi connectivity index (χ1n) is 9.94. The van der Waals surface area contributed by atoms with E-state index in [1.54, 1.807) is 6.07 Å². The highest BCUT2D eigenvalue weighted by Gasteiger charge is 2.08. The molecule has 0 radical (unpaired) electrons. The van der Waals surface area contributed by atoms with E-state index in [1.807, 2.05) is 12.1 Å². The monoisotopic (exact) mass is 390 g/mol. The average Bonchev–Trinajstić information content (AvgIpc) is 2.97. The zero-order valence-electron chi connectivity index (χ0n) is 16.1. The number of allylic oxidation sites excluding steroid dienone is 1. The largest absolute Gasteiger partial charge is 0.493 e. The Morgan fingerprint density at radius 3 is 2.22 bits per heavy atom. The molecule has 5 heteroatoms. The lowest BCUT2D eigenvalue weighted by Gasteiger charge is -2.12. The number of aromatic nitrogens is 1. The molecule has 0 spiro atoms. The van der Waals surface area contributed by atoms with Crippen molar-refractivity contribution < 1.29 is 10.2 Å². The van der Waals surface area contributed by atoms with Crippen molar-refractivity contribution in [1.82, 2.24) is 4.68 Å². The number of hydrogen-bond acceptors (Lipinski definition) is 3. The number of halogens is 1. The summed E-state index contributed by atoms with van der Waals surface area (Å²) in [7, 11) is 0. The lowest BCUT2D eigenvalue weighted by molar-refractivity contribution is 0.393. The minimum Gasteiger partial charge on any atom is -0.493 e. The van der Waals surface area contributed by atoms with Crippen molar-refractivity contribution >= 4 is 23.4 Å². The summed E-state index contributed by atoms with van der Waals surface area (Å²) in [6, 6.07) is 8.46. The fourth-order valence-electron chi connectivity index (χ4n) is 3.00. The molecule has 3 N–H and O–H groups in total. The number of rotatable bonds is 12. The molecule has 1 aromatic carbocycles. The molecule has 148 valence electrons. The van der Waals surface area contributed by atoms with E-state index in [4.69, 9.17) is 11.6 Å². The lowest BCUT2D eigenvalue weighted by Crippen LogP contribution is -2.08. The van der Waals surface area contributed by atoms with Crippen molar-refractivity contribution in [3.05, 3.63) is 47.0 Å². The topological polar surface area (TPSA) is 57.4 Å². The first-order chi connectivity index (χ1) is 13.1. The van der Waals surface area contributed by atoms with Crippen LogP contribution in [0.4, 0.5) is 5.69 Å². The smallest absolute Gasteiger partial charge is 0.213 e. The molecule has 4 nitrogen and oxygen atoms in total. The fraction of sp³-hybridized carbons (Fsp3) is 0.455. The summed E-state index contributed by atoms with van der Waals surface area (Å²) in [4.78, 5) is 0. The second-order valence-corrected chi connectivity index (χ2v) is 7.31. The summed E-state index contributed by atoms with van der Waals surface area (Å²) in [6.45, 7) is 2.25. The third-order valence-electron chi connectivity index (χ3n) is 4.60. The Kier molecular flexibility index (Phi) is 9.12. The van der Waals surface area contributed by atoms with Crippen LogP contribution in [0.15, 0.2) is 36.4 Å². The van der Waals surface area contributed by atoms with Crippen LogP contribution in [0.2, 0.25) is 5.02 Å². The van der Waals surface area contributed by atoms with E-state index in [0.29, 0.717) is 10.7 Å². The van der Waals surface area contributed by atoms with Crippen LogP contribution in [-0.2, 0) is 0 Å². The number of nitrogens with zero attached hydrogens (tertiary/aromatic N) is 1. The molecular weight excluding hydrogens is 360 g/mol. The van der Waals surface area contributed by atoms with Crippen molar-refractivity contribution in [3.63, 3.8) is 0 Å². The summed E-state index contributed by atoms with van der Waals surface area (Å²) in [5, 5.41) is 20.0. The first-order valence-corrected chi connectivity index (χ1v) is 10.3. The predicted octanol–water partition coefficient (Wildman–Crippen LogP) is 6.97. The zero-order chi connectivity index (χ0) is 19.5. The van der Waals surface area contributed by atoms with Gasteiger partial charge in [-0.1, -0.05) is 81.7 Å². The minimum absolute atomic E-state index is 0.0841. The number of hydrogen-bond donors (Lipinski definition) is 3. The Labute approximate surface area is 167 Å². The molecule has 1 aromatic heterocycles. The van der Waals surface area contributed by atoms with Crippen molar-refractivity contribution in [1.29, 1.82) is 0 Å². The number of benzene rings is 1. The van der Waals surface area contributed by atoms with Crippen LogP contribution in [0.1, 0.15) is 70.3 Å². The molecule has 0 saturated carbocycles. The maximum atomic E-state index is 9.74. The van der Waals surface area contributed by atoms with E-state index in [9.17, 15) is 10.2 Å². The van der Waals surface area contributed by atoms with Crippen LogP contribution in [0, 0.1) is 0 Å². The number of nitrogens with one attached hydrogen (secondary N) is 1. The van der Waals surface area contributed by atoms with E-state index in [2.05, 4.69) is 24.5 Å². The molecule has 2 rings (SSSR count). The Balaban J connectivity index is 1.77. The van der Waals surface area contributed by atoms with E-state index >= 15 is 0 Å². The van der Waals surface area contributed by atoms with Gasteiger partial charge < -0.3 is 10.2 Å². The van der Waals surface area contributed by atoms with Crippen LogP contribution in [0.5, 0.6) is 11.8 Å². The fourth-order valence-corrected chi connectivity index (χ4v) is 3.16. The molecule has 1 heterocycles. The standard InChI is InChI=1S/C22H31ClN2O2/c1-2-3-4-5-6-7-8-9-10-11-12-18-13-14-19(23)20(17-18)24-25-21(26)15-16-22(25)27/h11-17,24,26-27H,2-10H2,1H3. The molecule has 27 heavy (non-hydrogen) atoms. The summed E-state index contributed by atoms with van der Waals surface area (Å²) in [6.07, 6.45) is 15.9. The average molecular weight is 391 g/mol. The van der Waals surface area contributed by atoms with Gasteiger partial charge in [-0.15, -0.1) is 0 Å². The summed E-state index contributed by atoms with van der Waals surface area (Å²) in [5.41, 5.74) is 4.56. The van der Waals surface area contributed by atoms with Gasteiger partial charge in [-0.2, -0.15) is 4.68 Å². The van der Waals surface area contributed by atoms with Crippen LogP contribution in [-0.4, -0.2) is 14.9 Å². The van der Waals surface area contributed by atoms with Gasteiger partial charge in [-0.05, 0) is 30.5 Å². The van der Waals surface area contributed by atoms with Crippen LogP contribution >= 0.6 is 11.6 Å². The highest BCUT2D eigenvalue weighted by Crippen LogP contribution is 2.27. The molecule has 0 bridgehead atoms. The maximum absolute atomic E-state index is 9.74. The van der Waals surface area contributed by atoms with E-state index < -0.39 is 0 Å². The second kappa shape index (κ2) is 11.6. The lowest BCUT2D eigenvalue weighted by atomic mass is 10.1. The van der Waals surface area contributed by atoms with Gasteiger partial charge in [0.15, 0.2) is 0 Å². The van der Waals surface area contributed by atoms with Gasteiger partial charge in [0.2, 0.25) is 11.8 Å². The molecule has 0 amide bonds. The molecular formula is C22H31ClN2O2. The third kappa shape index (κ3) is 7.22. The van der Waals surface area contributed by atoms with Crippen molar-refractivity contribution in [2.45, 2.75) is 64.7 Å². The Hall–Kier alpha value is -2.07. The predicted molar refractivity (Wildman–Crippen MR) is 114 cm³/mol. The van der Waals surface area contributed by atoms with Gasteiger partial charge in [-0.25, -0.2) is 0 Å². The molecule has 2 aromatic rings. The van der Waals surface area contributed by atoms with Crippen LogP contribution in [0.3, 0.4) is 0 Å². The summed E-state index contributed by atoms with van der Waals surface area (Å²) < 4.78 is 1.18. The third-order valence-corrected chi connectivity index (χ3v) is 4.93. The quantitative estimate of drug-likeness (QED) is 0.343. The van der Waals surface area contributed by atoms with Gasteiger partial charge in [0.05, 0.1) is 10.7 Å². The van der Waals surface area contributed by atoms with Crippen molar-refractivity contribution in [2.24, 2.45) is 0 Å². The molecule has 0 fully saturated rings. The Bertz CT molecular complexity index is 706. The van der Waals surface area contributed by atoms with Gasteiger partial charge >= 0.3 is 0 Å². The van der Waals surface area contributed by atoms with E-state index in [1.165, 1.54) is 68.2 Å². The van der Waals surface area contributed by atoms with Crippen LogP contribution < -0.4 is 5.43 Å². The van der Waals surface area contributed by atoms with Crippen molar-refractivity contribution in [3.8, 4) is 11.8 Å². The van der Waals surface area contributed by atoms with Gasteiger partial charge in [0.25, 0.3) is 0 Å². The van der Waals surface area contributed by atoms with Gasteiger partial charge in [-0.3, -0.25) is 5.43 Å². The van der Waals surface area contributed by atoms with Crippen molar-refractivity contribution in [2.75, 3.05) is 5.43 Å². The van der Waals surface area contributed by atoms with E-state index in [0.717, 1.165) is 12.0 Å². The molecule has 0 aliphatic rings. The summed E-state index contributed by atoms with van der Waals surface area (Å²) >= 11 is 6.22. The highest BCUT2D eigenvalue weighted by molar-refractivity contribution is 6.33. The number of unbranched alkanes of at least 4 members (excludes halogenated alkanes) is 8. The molecule has 0 saturated heterocycles. The maximum Gasteiger partial charge on any atom is 0.213 e. The molecule has 0 aliphatic heterocycles. The Morgan fingerprint density at radius 2 is 1.56 bits per heavy atom. The Morgan fingerprint density at radius 1 is 0.926 bits per heavy atom. The second-order valence-electron chi connectivity index (χ2n) is 6.90. The SMILES string of the molecule is CCCCCCCCCCC=Cc1ccc(Cl)c(Nn2c(O)ccc2O)c1. The number of aromatic hydroxyl groups is 2. The molecule has 0 unspecified atom stereocenters. The molecule has 0 aliphatic carbocycles. The normalized spacial score (nSPS) is 11.3. The number of anilines is 1. The first kappa shape index (κ1) is 21.2. The highest BCUT2D eigenvalue weighted by atomic mass is 35.5. The zero-order valence-corrected chi connectivity index (χ0v) is 16.9. The minimum atomic E-state index is -0.0841. The summed E-state index contributed by atoms with van der Waals surface area (Å²) in [5.74, 6) is -0.168. The van der Waals surface area contributed by atoms with Gasteiger partial charge in [0.1, 0.15) is 0 Å². The van der Waals surface area contributed by atoms with Crippen LogP contribution in [0.25, 0.3) is 6.08 Å². The molecule has 0 atom stereocenters. The van der Waals surface area contributed by atoms with E-state index in [-0.39, 0.29) is 11.8 Å².